The van der Waals surface area contributed by atoms with E-state index in [1.165, 1.54) is 0 Å². The number of allylic oxidation sites excluding steroid dienone is 8. The summed E-state index contributed by atoms with van der Waals surface area (Å²) in [4.78, 5) is 12.6. The number of nitrogens with zero attached hydrogens (tertiary/aromatic N) is 1. The molecule has 1 aliphatic carbocycles. The summed E-state index contributed by atoms with van der Waals surface area (Å²) in [5.41, 5.74) is 5.05. The Kier molecular flexibility index (Phi) is 3.65. The van der Waals surface area contributed by atoms with E-state index in [1.54, 1.807) is 0 Å². The third-order valence-corrected chi connectivity index (χ3v) is 3.28. The van der Waals surface area contributed by atoms with Gasteiger partial charge >= 0.3 is 0 Å². The Bertz CT molecular complexity index is 640. The number of fused-ring (bicyclic) bond motifs is 1. The first-order valence-electron chi connectivity index (χ1n) is 6.42. The Labute approximate surface area is 113 Å². The predicted octanol–water partition coefficient (Wildman–Crippen LogP) is 3.61. The standard InChI is InChI=1S/C16H18N2O/c1-5-8-9-13-11(6-2)15-14(10(4)17-18-15)12(7-3)16(13)19/h5-9H,1-4H3,(H,17,18)/b8-5-,11-6+,12-7+,13-9+. The van der Waals surface area contributed by atoms with Crippen molar-refractivity contribution in [3.63, 3.8) is 0 Å². The first-order valence-corrected chi connectivity index (χ1v) is 6.42. The van der Waals surface area contributed by atoms with Crippen molar-refractivity contribution in [2.75, 3.05) is 0 Å². The average Bonchev–Trinajstić information content (AvgIpc) is 2.78. The predicted molar refractivity (Wildman–Crippen MR) is 78.5 cm³/mol. The molecule has 0 unspecified atom stereocenters. The molecule has 0 amide bonds. The molecule has 0 atom stereocenters. The molecule has 19 heavy (non-hydrogen) atoms. The monoisotopic (exact) mass is 254 g/mol. The Balaban J connectivity index is 2.76. The van der Waals surface area contributed by atoms with Crippen molar-refractivity contribution in [2.45, 2.75) is 27.7 Å². The van der Waals surface area contributed by atoms with E-state index in [0.717, 1.165) is 28.1 Å². The summed E-state index contributed by atoms with van der Waals surface area (Å²) < 4.78 is 0. The molecule has 0 saturated carbocycles. The molecule has 0 fully saturated rings. The maximum atomic E-state index is 12.6. The van der Waals surface area contributed by atoms with E-state index in [4.69, 9.17) is 0 Å². The highest BCUT2D eigenvalue weighted by molar-refractivity contribution is 6.37. The molecule has 98 valence electrons. The molecule has 0 spiro atoms. The van der Waals surface area contributed by atoms with Crippen molar-refractivity contribution >= 4 is 16.9 Å². The van der Waals surface area contributed by atoms with Gasteiger partial charge in [0, 0.05) is 28.0 Å². The van der Waals surface area contributed by atoms with Crippen LogP contribution in [-0.4, -0.2) is 16.0 Å². The van der Waals surface area contributed by atoms with E-state index in [9.17, 15) is 4.79 Å². The van der Waals surface area contributed by atoms with E-state index in [-0.39, 0.29) is 5.78 Å². The molecule has 3 nitrogen and oxygen atoms in total. The van der Waals surface area contributed by atoms with Gasteiger partial charge in [-0.05, 0) is 27.7 Å². The normalized spacial score (nSPS) is 21.9. The Morgan fingerprint density at radius 3 is 2.32 bits per heavy atom. The summed E-state index contributed by atoms with van der Waals surface area (Å²) in [5.74, 6) is 0.0608. The van der Waals surface area contributed by atoms with Gasteiger partial charge in [-0.15, -0.1) is 0 Å². The highest BCUT2D eigenvalue weighted by Gasteiger charge is 2.32. The third-order valence-electron chi connectivity index (χ3n) is 3.28. The number of hydrogen-bond donors (Lipinski definition) is 1. The van der Waals surface area contributed by atoms with Crippen LogP contribution in [0.1, 0.15) is 37.7 Å². The number of H-pyrrole nitrogens is 1. The number of aromatic amines is 1. The van der Waals surface area contributed by atoms with Gasteiger partial charge < -0.3 is 0 Å². The fourth-order valence-corrected chi connectivity index (χ4v) is 2.39. The van der Waals surface area contributed by atoms with E-state index < -0.39 is 0 Å². The molecule has 1 heterocycles. The van der Waals surface area contributed by atoms with Crippen molar-refractivity contribution in [1.29, 1.82) is 0 Å². The number of aromatic nitrogens is 2. The summed E-state index contributed by atoms with van der Waals surface area (Å²) in [7, 11) is 0. The lowest BCUT2D eigenvalue weighted by molar-refractivity contribution is -0.110. The van der Waals surface area contributed by atoms with E-state index in [2.05, 4.69) is 10.2 Å². The molecule has 2 rings (SSSR count). The fraction of sp³-hybridized carbons (Fsp3) is 0.250. The lowest BCUT2D eigenvalue weighted by Gasteiger charge is -2.19. The maximum absolute atomic E-state index is 12.6. The van der Waals surface area contributed by atoms with Crippen LogP contribution in [-0.2, 0) is 4.79 Å². The summed E-state index contributed by atoms with van der Waals surface area (Å²) in [6.07, 6.45) is 9.45. The molecule has 1 aliphatic rings. The zero-order valence-corrected chi connectivity index (χ0v) is 11.7. The highest BCUT2D eigenvalue weighted by atomic mass is 16.1. The summed E-state index contributed by atoms with van der Waals surface area (Å²) >= 11 is 0. The SMILES string of the molecule is C\C=C/C=C1/C(=O)/C(=C/C)c2c(n[nH]c2C)/C1=C/C. The number of rotatable bonds is 1. The molecular formula is C16H18N2O. The van der Waals surface area contributed by atoms with E-state index in [0.29, 0.717) is 5.57 Å². The smallest absolute Gasteiger partial charge is 0.194 e. The van der Waals surface area contributed by atoms with Crippen molar-refractivity contribution in [2.24, 2.45) is 0 Å². The van der Waals surface area contributed by atoms with Crippen LogP contribution in [0.5, 0.6) is 0 Å². The Hall–Kier alpha value is -2.16. The van der Waals surface area contributed by atoms with Crippen molar-refractivity contribution in [1.82, 2.24) is 10.2 Å². The first-order chi connectivity index (χ1) is 9.15. The highest BCUT2D eigenvalue weighted by Crippen LogP contribution is 2.39. The molecule has 0 aliphatic heterocycles. The molecule has 3 heteroatoms. The van der Waals surface area contributed by atoms with Crippen LogP contribution in [0, 0.1) is 6.92 Å². The van der Waals surface area contributed by atoms with Gasteiger partial charge in [-0.3, -0.25) is 9.89 Å². The van der Waals surface area contributed by atoms with Gasteiger partial charge in [0.25, 0.3) is 0 Å². The molecule has 1 aromatic heterocycles. The van der Waals surface area contributed by atoms with Gasteiger partial charge in [0.15, 0.2) is 5.78 Å². The van der Waals surface area contributed by atoms with Crippen LogP contribution >= 0.6 is 0 Å². The molecule has 0 radical (unpaired) electrons. The number of carbonyl (C=O) groups is 1. The van der Waals surface area contributed by atoms with Crippen LogP contribution in [0.25, 0.3) is 11.1 Å². The van der Waals surface area contributed by atoms with Gasteiger partial charge in [-0.1, -0.05) is 30.4 Å². The molecule has 0 aromatic carbocycles. The number of carbonyl (C=O) groups excluding carboxylic acids is 1. The minimum absolute atomic E-state index is 0.0608. The number of Topliss-reactive ketones (excluding diaryl/α,β-unsaturated/α-hetero) is 1. The minimum Gasteiger partial charge on any atom is -0.289 e. The van der Waals surface area contributed by atoms with Crippen molar-refractivity contribution in [3.8, 4) is 0 Å². The molecule has 0 saturated heterocycles. The second-order valence-electron chi connectivity index (χ2n) is 4.41. The number of hydrogen-bond acceptors (Lipinski definition) is 2. The fourth-order valence-electron chi connectivity index (χ4n) is 2.39. The van der Waals surface area contributed by atoms with Gasteiger partial charge in [0.1, 0.15) is 5.69 Å². The third kappa shape index (κ3) is 2.01. The minimum atomic E-state index is 0.0608. The average molecular weight is 254 g/mol. The topological polar surface area (TPSA) is 45.8 Å². The largest absolute Gasteiger partial charge is 0.289 e. The summed E-state index contributed by atoms with van der Waals surface area (Å²) in [6, 6.07) is 0. The van der Waals surface area contributed by atoms with E-state index in [1.807, 2.05) is 58.1 Å². The number of nitrogens with one attached hydrogen (secondary N) is 1. The van der Waals surface area contributed by atoms with Crippen molar-refractivity contribution < 1.29 is 4.79 Å². The van der Waals surface area contributed by atoms with E-state index >= 15 is 0 Å². The lowest BCUT2D eigenvalue weighted by Crippen LogP contribution is -2.15. The second-order valence-corrected chi connectivity index (χ2v) is 4.41. The van der Waals surface area contributed by atoms with Gasteiger partial charge in [0.05, 0.1) is 0 Å². The Morgan fingerprint density at radius 2 is 1.74 bits per heavy atom. The van der Waals surface area contributed by atoms with Gasteiger partial charge in [-0.25, -0.2) is 0 Å². The van der Waals surface area contributed by atoms with Crippen LogP contribution in [0.15, 0.2) is 36.0 Å². The molecule has 1 aromatic rings. The molecular weight excluding hydrogens is 236 g/mol. The summed E-state index contributed by atoms with van der Waals surface area (Å²) in [5, 5.41) is 7.32. The summed E-state index contributed by atoms with van der Waals surface area (Å²) in [6.45, 7) is 7.69. The van der Waals surface area contributed by atoms with Crippen LogP contribution in [0.4, 0.5) is 0 Å². The van der Waals surface area contributed by atoms with Crippen LogP contribution in [0.2, 0.25) is 0 Å². The Morgan fingerprint density at radius 1 is 1.05 bits per heavy atom. The van der Waals surface area contributed by atoms with Crippen LogP contribution < -0.4 is 0 Å². The number of ketones is 1. The number of aryl methyl sites for hydroxylation is 1. The van der Waals surface area contributed by atoms with Gasteiger partial charge in [-0.2, -0.15) is 5.10 Å². The van der Waals surface area contributed by atoms with Crippen LogP contribution in [0.3, 0.4) is 0 Å². The van der Waals surface area contributed by atoms with Crippen molar-refractivity contribution in [3.05, 3.63) is 52.9 Å². The zero-order valence-electron chi connectivity index (χ0n) is 11.7. The molecule has 1 N–H and O–H groups in total. The maximum Gasteiger partial charge on any atom is 0.194 e. The first kappa shape index (κ1) is 13.3. The molecule has 0 bridgehead atoms. The zero-order chi connectivity index (χ0) is 14.0. The van der Waals surface area contributed by atoms with Gasteiger partial charge in [0.2, 0.25) is 0 Å². The second kappa shape index (κ2) is 5.22. The lowest BCUT2D eigenvalue weighted by atomic mass is 9.82. The quantitative estimate of drug-likeness (QED) is 0.778.